The zero-order chi connectivity index (χ0) is 25.3. The van der Waals surface area contributed by atoms with E-state index in [4.69, 9.17) is 18.9 Å². The summed E-state index contributed by atoms with van der Waals surface area (Å²) >= 11 is 0. The van der Waals surface area contributed by atoms with Gasteiger partial charge in [0.2, 0.25) is 0 Å². The third kappa shape index (κ3) is 7.77. The van der Waals surface area contributed by atoms with Gasteiger partial charge in [-0.05, 0) is 38.1 Å². The Hall–Kier alpha value is -2.46. The van der Waals surface area contributed by atoms with Crippen LogP contribution in [-0.2, 0) is 18.9 Å². The Labute approximate surface area is 213 Å². The number of rotatable bonds is 11. The predicted octanol–water partition coefficient (Wildman–Crippen LogP) is 3.11. The lowest BCUT2D eigenvalue weighted by molar-refractivity contribution is -0.184. The van der Waals surface area contributed by atoms with Crippen molar-refractivity contribution in [3.8, 4) is 11.1 Å². The van der Waals surface area contributed by atoms with Crippen LogP contribution < -0.4 is 0 Å². The van der Waals surface area contributed by atoms with Crippen LogP contribution in [0, 0.1) is 0 Å². The van der Waals surface area contributed by atoms with Crippen LogP contribution in [0.2, 0.25) is 0 Å². The Morgan fingerprint density at radius 1 is 0.639 bits per heavy atom. The van der Waals surface area contributed by atoms with Gasteiger partial charge < -0.3 is 18.9 Å². The zero-order valence-corrected chi connectivity index (χ0v) is 21.2. The number of ketones is 2. The number of hydrogen-bond donors (Lipinski definition) is 0. The van der Waals surface area contributed by atoms with Gasteiger partial charge in [0.15, 0.2) is 24.1 Å². The summed E-state index contributed by atoms with van der Waals surface area (Å²) < 4.78 is 22.3. The Kier molecular flexibility index (Phi) is 9.75. The van der Waals surface area contributed by atoms with Gasteiger partial charge in [-0.15, -0.1) is 0 Å². The van der Waals surface area contributed by atoms with E-state index in [1.54, 1.807) is 0 Å². The maximum Gasteiger partial charge on any atom is 0.176 e. The summed E-state index contributed by atoms with van der Waals surface area (Å²) in [5.41, 5.74) is 3.31. The number of carbonyl (C=O) groups excluding carboxylic acids is 2. The van der Waals surface area contributed by atoms with Crippen LogP contribution in [0.4, 0.5) is 0 Å². The molecule has 194 valence electrons. The lowest BCUT2D eigenvalue weighted by Crippen LogP contribution is -2.38. The van der Waals surface area contributed by atoms with Crippen LogP contribution in [-0.4, -0.2) is 101 Å². The molecule has 0 amide bonds. The molecule has 36 heavy (non-hydrogen) atoms. The molecule has 4 rings (SSSR count). The Morgan fingerprint density at radius 3 is 1.31 bits per heavy atom. The third-order valence-corrected chi connectivity index (χ3v) is 6.29. The average molecular weight is 497 g/mol. The van der Waals surface area contributed by atoms with Gasteiger partial charge in [-0.25, -0.2) is 0 Å². The van der Waals surface area contributed by atoms with Crippen LogP contribution in [0.25, 0.3) is 11.1 Å². The molecule has 0 spiro atoms. The highest BCUT2D eigenvalue weighted by Gasteiger charge is 2.19. The lowest BCUT2D eigenvalue weighted by Gasteiger charge is -2.27. The Morgan fingerprint density at radius 2 is 0.972 bits per heavy atom. The molecule has 2 aliphatic heterocycles. The first-order chi connectivity index (χ1) is 17.5. The summed E-state index contributed by atoms with van der Waals surface area (Å²) in [5, 5.41) is 0. The topological polar surface area (TPSA) is 77.5 Å². The summed E-state index contributed by atoms with van der Waals surface area (Å²) in [6.07, 6.45) is 1.28. The van der Waals surface area contributed by atoms with Gasteiger partial charge in [0, 0.05) is 24.2 Å². The van der Waals surface area contributed by atoms with Crippen molar-refractivity contribution in [3.05, 3.63) is 59.7 Å². The van der Waals surface area contributed by atoms with Crippen molar-refractivity contribution in [2.45, 2.75) is 25.4 Å². The number of benzene rings is 2. The molecule has 2 aliphatic rings. The second kappa shape index (κ2) is 13.2. The van der Waals surface area contributed by atoms with Crippen LogP contribution >= 0.6 is 0 Å². The van der Waals surface area contributed by atoms with E-state index in [2.05, 4.69) is 0 Å². The van der Waals surface area contributed by atoms with Crippen molar-refractivity contribution in [2.24, 2.45) is 0 Å². The van der Waals surface area contributed by atoms with Crippen molar-refractivity contribution in [1.82, 2.24) is 9.80 Å². The monoisotopic (exact) mass is 496 g/mol. The van der Waals surface area contributed by atoms with Crippen LogP contribution in [0.5, 0.6) is 0 Å². The molecule has 0 N–H and O–H groups in total. The van der Waals surface area contributed by atoms with Crippen molar-refractivity contribution >= 4 is 11.6 Å². The first-order valence-corrected chi connectivity index (χ1v) is 12.6. The quantitative estimate of drug-likeness (QED) is 0.439. The second-order valence-corrected chi connectivity index (χ2v) is 9.44. The highest BCUT2D eigenvalue weighted by Crippen LogP contribution is 2.21. The Balaban J connectivity index is 1.27. The highest BCUT2D eigenvalue weighted by molar-refractivity contribution is 5.99. The minimum atomic E-state index is -0.269. The molecule has 0 saturated carbocycles. The summed E-state index contributed by atoms with van der Waals surface area (Å²) in [4.78, 5) is 29.2. The van der Waals surface area contributed by atoms with E-state index in [1.807, 2.05) is 72.4 Å². The summed E-state index contributed by atoms with van der Waals surface area (Å²) in [6, 6.07) is 15.2. The van der Waals surface area contributed by atoms with Gasteiger partial charge in [0.05, 0.1) is 39.5 Å². The summed E-state index contributed by atoms with van der Waals surface area (Å²) in [7, 11) is 3.79. The number of ether oxygens (including phenoxy) is 4. The predicted molar refractivity (Wildman–Crippen MR) is 136 cm³/mol. The molecule has 0 bridgehead atoms. The lowest BCUT2D eigenvalue weighted by atomic mass is 10.00. The fourth-order valence-electron chi connectivity index (χ4n) is 4.29. The van der Waals surface area contributed by atoms with E-state index in [-0.39, 0.29) is 24.1 Å². The van der Waals surface area contributed by atoms with E-state index < -0.39 is 0 Å². The second-order valence-electron chi connectivity index (χ2n) is 9.44. The molecular weight excluding hydrogens is 460 g/mol. The average Bonchev–Trinajstić information content (AvgIpc) is 2.90. The molecule has 0 unspecified atom stereocenters. The number of nitrogens with zero attached hydrogens (tertiary/aromatic N) is 2. The SMILES string of the molecule is CN(CC(=O)c1ccc(-c2ccc(C(=O)CN(C)CC3OCCCO3)cc2)cc1)CC1OCCCO1. The minimum Gasteiger partial charge on any atom is -0.351 e. The van der Waals surface area contributed by atoms with Gasteiger partial charge in [-0.3, -0.25) is 19.4 Å². The molecular formula is C28H36N2O6. The fraction of sp³-hybridized carbons (Fsp3) is 0.500. The Bertz CT molecular complexity index is 901. The van der Waals surface area contributed by atoms with E-state index in [9.17, 15) is 9.59 Å². The van der Waals surface area contributed by atoms with Crippen molar-refractivity contribution in [1.29, 1.82) is 0 Å². The van der Waals surface area contributed by atoms with Crippen molar-refractivity contribution < 1.29 is 28.5 Å². The number of likely N-dealkylation sites (N-methyl/N-ethyl adjacent to an activating group) is 2. The molecule has 2 heterocycles. The molecule has 2 aromatic carbocycles. The molecule has 0 aliphatic carbocycles. The molecule has 8 nitrogen and oxygen atoms in total. The molecule has 2 aromatic rings. The summed E-state index contributed by atoms with van der Waals surface area (Å²) in [6.45, 7) is 4.52. The zero-order valence-electron chi connectivity index (χ0n) is 21.2. The van der Waals surface area contributed by atoms with Gasteiger partial charge in [-0.2, -0.15) is 0 Å². The number of carbonyl (C=O) groups is 2. The van der Waals surface area contributed by atoms with E-state index in [0.29, 0.717) is 63.7 Å². The van der Waals surface area contributed by atoms with Crippen LogP contribution in [0.1, 0.15) is 33.6 Å². The molecule has 0 radical (unpaired) electrons. The largest absolute Gasteiger partial charge is 0.351 e. The molecule has 2 saturated heterocycles. The number of hydrogen-bond acceptors (Lipinski definition) is 8. The third-order valence-electron chi connectivity index (χ3n) is 6.29. The molecule has 0 aromatic heterocycles. The minimum absolute atomic E-state index is 0.0500. The standard InChI is InChI=1S/C28H36N2O6/c1-29(19-27-33-13-3-14-34-27)17-25(31)23-9-5-21(6-10-23)22-7-11-24(12-8-22)26(32)18-30(2)20-28-35-15-4-16-36-28/h5-12,27-28H,3-4,13-20H2,1-2H3. The van der Waals surface area contributed by atoms with Gasteiger partial charge >= 0.3 is 0 Å². The van der Waals surface area contributed by atoms with Gasteiger partial charge in [0.1, 0.15) is 0 Å². The van der Waals surface area contributed by atoms with E-state index >= 15 is 0 Å². The van der Waals surface area contributed by atoms with Crippen molar-refractivity contribution in [3.63, 3.8) is 0 Å². The van der Waals surface area contributed by atoms with Crippen LogP contribution in [0.3, 0.4) is 0 Å². The first kappa shape index (κ1) is 26.6. The maximum atomic E-state index is 12.7. The highest BCUT2D eigenvalue weighted by atomic mass is 16.7. The maximum absolute atomic E-state index is 12.7. The smallest absolute Gasteiger partial charge is 0.176 e. The molecule has 0 atom stereocenters. The van der Waals surface area contributed by atoms with Crippen LogP contribution in [0.15, 0.2) is 48.5 Å². The normalized spacial score (nSPS) is 17.6. The summed E-state index contributed by atoms with van der Waals surface area (Å²) in [5.74, 6) is 0.0999. The van der Waals surface area contributed by atoms with Gasteiger partial charge in [0.25, 0.3) is 0 Å². The number of Topliss-reactive ketones (excluding diaryl/α,β-unsaturated/α-hetero) is 2. The fourth-order valence-corrected chi connectivity index (χ4v) is 4.29. The van der Waals surface area contributed by atoms with Crippen molar-refractivity contribution in [2.75, 3.05) is 66.7 Å². The van der Waals surface area contributed by atoms with E-state index in [1.165, 1.54) is 0 Å². The van der Waals surface area contributed by atoms with Gasteiger partial charge in [-0.1, -0.05) is 48.5 Å². The van der Waals surface area contributed by atoms with E-state index in [0.717, 1.165) is 24.0 Å². The molecule has 8 heteroatoms. The first-order valence-electron chi connectivity index (χ1n) is 12.6. The molecule has 2 fully saturated rings.